The molecule has 0 amide bonds. The maximum Gasteiger partial charge on any atom is 0.0249 e. The van der Waals surface area contributed by atoms with Crippen LogP contribution < -0.4 is 5.73 Å². The summed E-state index contributed by atoms with van der Waals surface area (Å²) in [4.78, 5) is 2.73. The Balaban J connectivity index is 1.94. The molecule has 1 aliphatic carbocycles. The minimum absolute atomic E-state index is 0.485. The zero-order valence-corrected chi connectivity index (χ0v) is 14.4. The van der Waals surface area contributed by atoms with Crippen molar-refractivity contribution in [2.45, 2.75) is 78.8 Å². The van der Waals surface area contributed by atoms with Gasteiger partial charge in [0, 0.05) is 25.2 Å². The highest BCUT2D eigenvalue weighted by molar-refractivity contribution is 4.92. The molecule has 1 saturated carbocycles. The molecule has 0 aromatic carbocycles. The molecule has 118 valence electrons. The van der Waals surface area contributed by atoms with E-state index >= 15 is 0 Å². The number of rotatable bonds is 3. The lowest BCUT2D eigenvalue weighted by atomic mass is 9.68. The van der Waals surface area contributed by atoms with Crippen molar-refractivity contribution in [1.29, 1.82) is 0 Å². The first-order valence-corrected chi connectivity index (χ1v) is 8.78. The van der Waals surface area contributed by atoms with Crippen LogP contribution in [0.15, 0.2) is 0 Å². The number of nitrogens with two attached hydrogens (primary N) is 1. The molecule has 2 rings (SSSR count). The van der Waals surface area contributed by atoms with Crippen molar-refractivity contribution < 1.29 is 0 Å². The lowest BCUT2D eigenvalue weighted by Gasteiger charge is -2.43. The number of hydrogen-bond donors (Lipinski definition) is 1. The molecule has 0 aromatic rings. The fourth-order valence-corrected chi connectivity index (χ4v) is 4.76. The highest BCUT2D eigenvalue weighted by atomic mass is 15.2. The molecular formula is C18H36N2. The van der Waals surface area contributed by atoms with Gasteiger partial charge in [-0.25, -0.2) is 0 Å². The molecule has 1 saturated heterocycles. The van der Waals surface area contributed by atoms with E-state index in [0.29, 0.717) is 11.5 Å². The van der Waals surface area contributed by atoms with Crippen LogP contribution in [0.3, 0.4) is 0 Å². The molecular weight excluding hydrogens is 244 g/mol. The summed E-state index contributed by atoms with van der Waals surface area (Å²) in [5.74, 6) is 2.60. The van der Waals surface area contributed by atoms with Gasteiger partial charge < -0.3 is 5.73 Å². The third-order valence-corrected chi connectivity index (χ3v) is 6.04. The number of nitrogens with zero attached hydrogens (tertiary/aromatic N) is 1. The molecule has 0 aromatic heterocycles. The number of hydrogen-bond acceptors (Lipinski definition) is 2. The maximum absolute atomic E-state index is 6.17. The Bertz CT molecular complexity index is 299. The highest BCUT2D eigenvalue weighted by Crippen LogP contribution is 2.42. The monoisotopic (exact) mass is 280 g/mol. The Morgan fingerprint density at radius 3 is 2.10 bits per heavy atom. The molecule has 2 heteroatoms. The molecule has 3 unspecified atom stereocenters. The van der Waals surface area contributed by atoms with Gasteiger partial charge in [0.1, 0.15) is 0 Å². The number of likely N-dealkylation sites (tertiary alicyclic amines) is 1. The summed E-state index contributed by atoms with van der Waals surface area (Å²) in [5.41, 5.74) is 6.65. The zero-order valence-electron chi connectivity index (χ0n) is 14.4. The van der Waals surface area contributed by atoms with Gasteiger partial charge in [0.2, 0.25) is 0 Å². The molecule has 2 N–H and O–H groups in total. The zero-order chi connectivity index (χ0) is 14.9. The van der Waals surface area contributed by atoms with Crippen molar-refractivity contribution in [3.8, 4) is 0 Å². The Morgan fingerprint density at radius 2 is 1.70 bits per heavy atom. The fraction of sp³-hybridized carbons (Fsp3) is 1.00. The van der Waals surface area contributed by atoms with Crippen LogP contribution in [0.2, 0.25) is 0 Å². The van der Waals surface area contributed by atoms with E-state index < -0.39 is 0 Å². The molecule has 2 aliphatic rings. The fourth-order valence-electron chi connectivity index (χ4n) is 4.76. The predicted molar refractivity (Wildman–Crippen MR) is 87.7 cm³/mol. The summed E-state index contributed by atoms with van der Waals surface area (Å²) in [6.07, 6.45) is 6.95. The molecule has 0 bridgehead atoms. The molecule has 2 fully saturated rings. The molecule has 1 heterocycles. The summed E-state index contributed by atoms with van der Waals surface area (Å²) < 4.78 is 0. The van der Waals surface area contributed by atoms with Crippen LogP contribution in [0.1, 0.15) is 66.7 Å². The van der Waals surface area contributed by atoms with Crippen molar-refractivity contribution in [1.82, 2.24) is 4.90 Å². The standard InChI is InChI=1S/C18H36N2/c1-13-10-14(2)20(12-13)17(11-19)15-6-8-16(9-7-15)18(3,4)5/h13-17H,6-12,19H2,1-5H3. The van der Waals surface area contributed by atoms with Gasteiger partial charge in [0.15, 0.2) is 0 Å². The van der Waals surface area contributed by atoms with Crippen molar-refractivity contribution in [2.75, 3.05) is 13.1 Å². The molecule has 2 nitrogen and oxygen atoms in total. The summed E-state index contributed by atoms with van der Waals surface area (Å²) >= 11 is 0. The summed E-state index contributed by atoms with van der Waals surface area (Å²) in [5, 5.41) is 0. The normalized spacial score (nSPS) is 38.1. The van der Waals surface area contributed by atoms with Crippen molar-refractivity contribution in [3.05, 3.63) is 0 Å². The van der Waals surface area contributed by atoms with Gasteiger partial charge in [-0.3, -0.25) is 4.90 Å². The third kappa shape index (κ3) is 3.57. The van der Waals surface area contributed by atoms with Crippen LogP contribution in [0, 0.1) is 23.2 Å². The van der Waals surface area contributed by atoms with Gasteiger partial charge in [-0.1, -0.05) is 27.7 Å². The van der Waals surface area contributed by atoms with Gasteiger partial charge in [0.25, 0.3) is 0 Å². The lowest BCUT2D eigenvalue weighted by Crippen LogP contribution is -2.48. The Hall–Kier alpha value is -0.0800. The highest BCUT2D eigenvalue weighted by Gasteiger charge is 2.38. The molecule has 20 heavy (non-hydrogen) atoms. The first kappa shape index (κ1) is 16.3. The van der Waals surface area contributed by atoms with Gasteiger partial charge >= 0.3 is 0 Å². The van der Waals surface area contributed by atoms with E-state index in [1.165, 1.54) is 38.6 Å². The van der Waals surface area contributed by atoms with Gasteiger partial charge in [-0.05, 0) is 62.2 Å². The van der Waals surface area contributed by atoms with Gasteiger partial charge in [-0.2, -0.15) is 0 Å². The van der Waals surface area contributed by atoms with E-state index in [1.54, 1.807) is 0 Å². The van der Waals surface area contributed by atoms with Crippen LogP contribution in [0.4, 0.5) is 0 Å². The molecule has 3 atom stereocenters. The van der Waals surface area contributed by atoms with Crippen molar-refractivity contribution in [2.24, 2.45) is 28.9 Å². The van der Waals surface area contributed by atoms with E-state index in [1.807, 2.05) is 0 Å². The van der Waals surface area contributed by atoms with Crippen LogP contribution in [0.25, 0.3) is 0 Å². The predicted octanol–water partition coefficient (Wildman–Crippen LogP) is 3.90. The van der Waals surface area contributed by atoms with E-state index in [2.05, 4.69) is 39.5 Å². The second kappa shape index (κ2) is 6.36. The molecule has 0 spiro atoms. The largest absolute Gasteiger partial charge is 0.329 e. The van der Waals surface area contributed by atoms with Crippen LogP contribution >= 0.6 is 0 Å². The van der Waals surface area contributed by atoms with E-state index in [4.69, 9.17) is 5.73 Å². The second-order valence-electron chi connectivity index (χ2n) is 8.67. The van der Waals surface area contributed by atoms with Crippen molar-refractivity contribution >= 4 is 0 Å². The Morgan fingerprint density at radius 1 is 1.10 bits per heavy atom. The van der Waals surface area contributed by atoms with Crippen LogP contribution in [-0.2, 0) is 0 Å². The summed E-state index contributed by atoms with van der Waals surface area (Å²) in [6.45, 7) is 14.1. The van der Waals surface area contributed by atoms with Gasteiger partial charge in [0.05, 0.1) is 0 Å². The molecule has 0 radical (unpaired) electrons. The average molecular weight is 281 g/mol. The molecule has 1 aliphatic heterocycles. The quantitative estimate of drug-likeness (QED) is 0.849. The summed E-state index contributed by atoms with van der Waals surface area (Å²) in [7, 11) is 0. The minimum Gasteiger partial charge on any atom is -0.329 e. The van der Waals surface area contributed by atoms with Gasteiger partial charge in [-0.15, -0.1) is 0 Å². The third-order valence-electron chi connectivity index (χ3n) is 6.04. The SMILES string of the molecule is CC1CC(C)N(C(CN)C2CCC(C(C)(C)C)CC2)C1. The first-order chi connectivity index (χ1) is 9.32. The maximum atomic E-state index is 6.17. The van der Waals surface area contributed by atoms with Crippen molar-refractivity contribution in [3.63, 3.8) is 0 Å². The summed E-state index contributed by atoms with van der Waals surface area (Å²) in [6, 6.07) is 1.37. The van der Waals surface area contributed by atoms with E-state index in [9.17, 15) is 0 Å². The first-order valence-electron chi connectivity index (χ1n) is 8.78. The Labute approximate surface area is 126 Å². The average Bonchev–Trinajstić information content (AvgIpc) is 2.69. The van der Waals surface area contributed by atoms with E-state index in [-0.39, 0.29) is 0 Å². The second-order valence-corrected chi connectivity index (χ2v) is 8.67. The Kier molecular flexibility index (Phi) is 5.18. The van der Waals surface area contributed by atoms with Crippen LogP contribution in [-0.4, -0.2) is 30.1 Å². The topological polar surface area (TPSA) is 29.3 Å². The minimum atomic E-state index is 0.485. The van der Waals surface area contributed by atoms with Crippen LogP contribution in [0.5, 0.6) is 0 Å². The van der Waals surface area contributed by atoms with E-state index in [0.717, 1.165) is 30.3 Å². The smallest absolute Gasteiger partial charge is 0.0249 e. The lowest BCUT2D eigenvalue weighted by molar-refractivity contribution is 0.0772.